The lowest BCUT2D eigenvalue weighted by atomic mass is 10.1. The maximum atomic E-state index is 14.7. The number of pyridine rings is 1. The Balaban J connectivity index is 0.000000313. The minimum absolute atomic E-state index is 0.204. The fourth-order valence-corrected chi connectivity index (χ4v) is 4.33. The van der Waals surface area contributed by atoms with Crippen LogP contribution in [-0.2, 0) is 17.7 Å². The van der Waals surface area contributed by atoms with Gasteiger partial charge in [0.15, 0.2) is 5.52 Å². The fraction of sp³-hybridized carbons (Fsp3) is 0.320. The van der Waals surface area contributed by atoms with E-state index in [9.17, 15) is 9.18 Å². The first-order chi connectivity index (χ1) is 17.0. The lowest BCUT2D eigenvalue weighted by molar-refractivity contribution is 0.122. The molecular formula is C25H24ClFN6O2. The van der Waals surface area contributed by atoms with Crippen LogP contribution in [0.3, 0.4) is 0 Å². The number of morpholine rings is 1. The molecule has 0 spiro atoms. The predicted molar refractivity (Wildman–Crippen MR) is 132 cm³/mol. The summed E-state index contributed by atoms with van der Waals surface area (Å²) < 4.78 is 21.8. The molecule has 35 heavy (non-hydrogen) atoms. The predicted octanol–water partition coefficient (Wildman–Crippen LogP) is 3.82. The quantitative estimate of drug-likeness (QED) is 0.418. The Hall–Kier alpha value is -3.43. The molecule has 2 aliphatic rings. The summed E-state index contributed by atoms with van der Waals surface area (Å²) >= 11 is 5.91. The van der Waals surface area contributed by atoms with Gasteiger partial charge in [0.2, 0.25) is 5.95 Å². The molecule has 2 aliphatic heterocycles. The molecule has 0 unspecified atom stereocenters. The number of aryl methyl sites for hydroxylation is 2. The Morgan fingerprint density at radius 1 is 1.03 bits per heavy atom. The summed E-state index contributed by atoms with van der Waals surface area (Å²) in [5, 5.41) is 0.293. The summed E-state index contributed by atoms with van der Waals surface area (Å²) in [7, 11) is 0. The second-order valence-electron chi connectivity index (χ2n) is 8.35. The first kappa shape index (κ1) is 23.3. The van der Waals surface area contributed by atoms with Crippen LogP contribution in [0.15, 0.2) is 47.4 Å². The van der Waals surface area contributed by atoms with Crippen LogP contribution in [0.4, 0.5) is 10.3 Å². The van der Waals surface area contributed by atoms with E-state index < -0.39 is 5.82 Å². The van der Waals surface area contributed by atoms with Crippen LogP contribution in [0.5, 0.6) is 0 Å². The molecule has 0 aliphatic carbocycles. The number of aromatic nitrogens is 5. The number of hydrogen-bond donors (Lipinski definition) is 0. The van der Waals surface area contributed by atoms with Crippen LogP contribution in [0, 0.1) is 12.7 Å². The molecule has 0 amide bonds. The summed E-state index contributed by atoms with van der Waals surface area (Å²) in [5.41, 5.74) is 1.98. The van der Waals surface area contributed by atoms with Gasteiger partial charge in [-0.2, -0.15) is 0 Å². The van der Waals surface area contributed by atoms with Crippen molar-refractivity contribution in [2.45, 2.75) is 26.3 Å². The van der Waals surface area contributed by atoms with Crippen LogP contribution in [0.1, 0.15) is 17.9 Å². The fourth-order valence-electron chi connectivity index (χ4n) is 4.17. The second-order valence-corrected chi connectivity index (χ2v) is 8.79. The summed E-state index contributed by atoms with van der Waals surface area (Å²) in [6, 6.07) is 10.3. The van der Waals surface area contributed by atoms with Gasteiger partial charge in [-0.25, -0.2) is 19.3 Å². The first-order valence-electron chi connectivity index (χ1n) is 11.5. The molecule has 3 aromatic heterocycles. The van der Waals surface area contributed by atoms with Gasteiger partial charge in [-0.1, -0.05) is 17.7 Å². The normalized spacial score (nSPS) is 15.0. The Morgan fingerprint density at radius 3 is 2.54 bits per heavy atom. The summed E-state index contributed by atoms with van der Waals surface area (Å²) in [6.07, 6.45) is 3.35. The number of anilines is 1. The maximum Gasteiger partial charge on any atom is 0.280 e. The number of hydrogen-bond acceptors (Lipinski definition) is 7. The van der Waals surface area contributed by atoms with Gasteiger partial charge in [0.05, 0.1) is 13.2 Å². The van der Waals surface area contributed by atoms with Crippen LogP contribution < -0.4 is 10.5 Å². The van der Waals surface area contributed by atoms with E-state index in [0.717, 1.165) is 12.1 Å². The average Bonchev–Trinajstić information content (AvgIpc) is 3.35. The highest BCUT2D eigenvalue weighted by molar-refractivity contribution is 6.30. The van der Waals surface area contributed by atoms with E-state index in [4.69, 9.17) is 16.3 Å². The van der Waals surface area contributed by atoms with Crippen molar-refractivity contribution >= 4 is 28.6 Å². The molecule has 10 heteroatoms. The molecule has 1 fully saturated rings. The molecule has 0 N–H and O–H groups in total. The second kappa shape index (κ2) is 10.1. The third kappa shape index (κ3) is 4.87. The molecule has 8 nitrogen and oxygen atoms in total. The monoisotopic (exact) mass is 494 g/mol. The SMILES string of the molecule is Cc1ccccn1.O=c1c2nc(N3CCOCC3)nc(-c3ccc(Cl)cc3F)c2nc2n1CCC2. The van der Waals surface area contributed by atoms with Crippen LogP contribution in [0.2, 0.25) is 5.02 Å². The molecule has 6 rings (SSSR count). The van der Waals surface area contributed by atoms with Crippen molar-refractivity contribution in [3.63, 3.8) is 0 Å². The number of nitrogens with zero attached hydrogens (tertiary/aromatic N) is 6. The van der Waals surface area contributed by atoms with Gasteiger partial charge >= 0.3 is 0 Å². The maximum absolute atomic E-state index is 14.7. The van der Waals surface area contributed by atoms with E-state index >= 15 is 0 Å². The number of ether oxygens (including phenoxy) is 1. The number of halogens is 2. The zero-order chi connectivity index (χ0) is 24.4. The zero-order valence-electron chi connectivity index (χ0n) is 19.2. The van der Waals surface area contributed by atoms with Gasteiger partial charge < -0.3 is 9.64 Å². The molecule has 5 heterocycles. The Labute approximate surface area is 206 Å². The van der Waals surface area contributed by atoms with Crippen molar-refractivity contribution in [1.82, 2.24) is 24.5 Å². The summed E-state index contributed by atoms with van der Waals surface area (Å²) in [5.74, 6) is 0.566. The molecule has 1 aromatic carbocycles. The smallest absolute Gasteiger partial charge is 0.280 e. The van der Waals surface area contributed by atoms with Crippen molar-refractivity contribution in [2.24, 2.45) is 0 Å². The lowest BCUT2D eigenvalue weighted by Crippen LogP contribution is -2.37. The summed E-state index contributed by atoms with van der Waals surface area (Å²) in [6.45, 7) is 4.90. The number of benzene rings is 1. The molecule has 0 radical (unpaired) electrons. The third-order valence-electron chi connectivity index (χ3n) is 5.95. The van der Waals surface area contributed by atoms with Crippen molar-refractivity contribution in [2.75, 3.05) is 31.2 Å². The van der Waals surface area contributed by atoms with Gasteiger partial charge in [-0.05, 0) is 43.7 Å². The van der Waals surface area contributed by atoms with E-state index in [0.29, 0.717) is 67.3 Å². The van der Waals surface area contributed by atoms with Crippen molar-refractivity contribution in [1.29, 1.82) is 0 Å². The largest absolute Gasteiger partial charge is 0.378 e. The van der Waals surface area contributed by atoms with Crippen molar-refractivity contribution in [3.05, 3.63) is 75.3 Å². The molecule has 0 saturated carbocycles. The van der Waals surface area contributed by atoms with E-state index in [1.54, 1.807) is 22.9 Å². The van der Waals surface area contributed by atoms with E-state index in [1.165, 1.54) is 6.07 Å². The molecule has 0 bridgehead atoms. The number of fused-ring (bicyclic) bond motifs is 2. The highest BCUT2D eigenvalue weighted by Crippen LogP contribution is 2.30. The van der Waals surface area contributed by atoms with E-state index in [1.807, 2.05) is 30.0 Å². The molecule has 0 atom stereocenters. The molecule has 4 aromatic rings. The first-order valence-corrected chi connectivity index (χ1v) is 11.9. The zero-order valence-corrected chi connectivity index (χ0v) is 20.0. The van der Waals surface area contributed by atoms with Crippen molar-refractivity contribution in [3.8, 4) is 11.3 Å². The third-order valence-corrected chi connectivity index (χ3v) is 6.18. The Bertz CT molecular complexity index is 1420. The Morgan fingerprint density at radius 2 is 1.86 bits per heavy atom. The van der Waals surface area contributed by atoms with Gasteiger partial charge in [-0.3, -0.25) is 14.3 Å². The number of rotatable bonds is 2. The van der Waals surface area contributed by atoms with Crippen LogP contribution in [-0.4, -0.2) is 50.8 Å². The molecule has 1 saturated heterocycles. The molecular weight excluding hydrogens is 471 g/mol. The van der Waals surface area contributed by atoms with Crippen LogP contribution in [0.25, 0.3) is 22.3 Å². The van der Waals surface area contributed by atoms with Crippen LogP contribution >= 0.6 is 11.6 Å². The van der Waals surface area contributed by atoms with E-state index in [2.05, 4.69) is 19.9 Å². The van der Waals surface area contributed by atoms with Gasteiger partial charge in [0, 0.05) is 48.5 Å². The van der Waals surface area contributed by atoms with Gasteiger partial charge in [0.25, 0.3) is 5.56 Å². The topological polar surface area (TPSA) is 86.0 Å². The highest BCUT2D eigenvalue weighted by Gasteiger charge is 2.24. The Kier molecular flexibility index (Phi) is 6.70. The summed E-state index contributed by atoms with van der Waals surface area (Å²) in [4.78, 5) is 32.8. The lowest BCUT2D eigenvalue weighted by Gasteiger charge is -2.27. The minimum atomic E-state index is -0.511. The minimum Gasteiger partial charge on any atom is -0.378 e. The van der Waals surface area contributed by atoms with E-state index in [-0.39, 0.29) is 16.6 Å². The standard InChI is InChI=1S/C19H17ClFN5O2.C6H7N/c20-11-3-4-12(13(21)10-11)15-16-17(18(27)26-5-1-2-14(26)22-16)24-19(23-15)25-6-8-28-9-7-25;1-6-4-2-3-5-7-6/h3-4,10H,1-2,5-9H2;2-5H,1H3. The van der Waals surface area contributed by atoms with Gasteiger partial charge in [0.1, 0.15) is 22.9 Å². The highest BCUT2D eigenvalue weighted by atomic mass is 35.5. The average molecular weight is 495 g/mol. The van der Waals surface area contributed by atoms with Crippen molar-refractivity contribution < 1.29 is 9.13 Å². The molecule has 180 valence electrons. The van der Waals surface area contributed by atoms with Gasteiger partial charge in [-0.15, -0.1) is 0 Å².